The zero-order valence-electron chi connectivity index (χ0n) is 16.1. The molecule has 10 heteroatoms. The van der Waals surface area contributed by atoms with Crippen LogP contribution >= 0.6 is 0 Å². The highest BCUT2D eigenvalue weighted by Gasteiger charge is 2.32. The first kappa shape index (κ1) is 20.0. The van der Waals surface area contributed by atoms with Gasteiger partial charge in [0.25, 0.3) is 0 Å². The number of likely N-dealkylation sites (tertiary alicyclic amines) is 1. The molecule has 1 amide bonds. The number of aromatic amines is 1. The maximum atomic E-state index is 13.8. The summed E-state index contributed by atoms with van der Waals surface area (Å²) in [5, 5.41) is 7.31. The molecule has 1 aromatic carbocycles. The molecule has 156 valence electrons. The Balaban J connectivity index is 1.34. The summed E-state index contributed by atoms with van der Waals surface area (Å²) in [5.74, 6) is 1.29. The van der Waals surface area contributed by atoms with Gasteiger partial charge in [-0.3, -0.25) is 9.89 Å². The van der Waals surface area contributed by atoms with Gasteiger partial charge in [-0.1, -0.05) is 12.1 Å². The van der Waals surface area contributed by atoms with Crippen molar-refractivity contribution in [3.05, 3.63) is 41.7 Å². The summed E-state index contributed by atoms with van der Waals surface area (Å²) in [6.07, 6.45) is 3.76. The number of nitrogens with one attached hydrogen (secondary N) is 2. The van der Waals surface area contributed by atoms with E-state index < -0.39 is 26.8 Å². The molecule has 1 aliphatic carbocycles. The number of nitrogens with zero attached hydrogens (tertiary/aromatic N) is 3. The Bertz CT molecular complexity index is 997. The minimum Gasteiger partial charge on any atom is -0.341 e. The van der Waals surface area contributed by atoms with Crippen molar-refractivity contribution in [3.8, 4) is 0 Å². The van der Waals surface area contributed by atoms with Crippen LogP contribution in [0.1, 0.15) is 56.1 Å². The van der Waals surface area contributed by atoms with Gasteiger partial charge in [-0.05, 0) is 44.7 Å². The Kier molecular flexibility index (Phi) is 5.39. The highest BCUT2D eigenvalue weighted by molar-refractivity contribution is 7.89. The average Bonchev–Trinajstić information content (AvgIpc) is 3.44. The summed E-state index contributed by atoms with van der Waals surface area (Å²) >= 11 is 0. The van der Waals surface area contributed by atoms with Gasteiger partial charge in [0, 0.05) is 24.9 Å². The second-order valence-corrected chi connectivity index (χ2v) is 9.41. The number of hydrogen-bond acceptors (Lipinski definition) is 5. The second kappa shape index (κ2) is 7.83. The first-order chi connectivity index (χ1) is 13.8. The van der Waals surface area contributed by atoms with E-state index in [0.717, 1.165) is 43.4 Å². The standard InChI is InChI=1S/C19H24FN5O3S/c1-12(24-29(27,28)16-5-3-2-4-15(16)20)19(26)25-10-8-14(9-11-25)18-21-17(22-23-18)13-6-7-13/h2-5,12-14,24H,6-11H2,1H3,(H,21,22,23)/t12-/m0/s1. The summed E-state index contributed by atoms with van der Waals surface area (Å²) in [7, 11) is -4.12. The van der Waals surface area contributed by atoms with Crippen LogP contribution in [0.15, 0.2) is 29.2 Å². The summed E-state index contributed by atoms with van der Waals surface area (Å²) in [4.78, 5) is 18.5. The largest absolute Gasteiger partial charge is 0.341 e. The van der Waals surface area contributed by atoms with E-state index in [0.29, 0.717) is 19.0 Å². The van der Waals surface area contributed by atoms with Crippen molar-refractivity contribution < 1.29 is 17.6 Å². The average molecular weight is 421 g/mol. The molecule has 1 aromatic heterocycles. The highest BCUT2D eigenvalue weighted by Crippen LogP contribution is 2.38. The van der Waals surface area contributed by atoms with Gasteiger partial charge in [-0.15, -0.1) is 0 Å². The molecule has 2 aliphatic rings. The molecule has 8 nitrogen and oxygen atoms in total. The molecule has 1 saturated heterocycles. The fraction of sp³-hybridized carbons (Fsp3) is 0.526. The number of H-pyrrole nitrogens is 1. The lowest BCUT2D eigenvalue weighted by molar-refractivity contribution is -0.133. The lowest BCUT2D eigenvalue weighted by Crippen LogP contribution is -2.49. The van der Waals surface area contributed by atoms with E-state index in [-0.39, 0.29) is 11.8 Å². The van der Waals surface area contributed by atoms with E-state index in [1.807, 2.05) is 0 Å². The fourth-order valence-electron chi connectivity index (χ4n) is 3.65. The normalized spacial score (nSPS) is 19.3. The molecule has 4 rings (SSSR count). The van der Waals surface area contributed by atoms with Crippen LogP contribution in [0.2, 0.25) is 0 Å². The van der Waals surface area contributed by atoms with E-state index in [1.165, 1.54) is 25.1 Å². The first-order valence-corrected chi connectivity index (χ1v) is 11.3. The Morgan fingerprint density at radius 3 is 2.55 bits per heavy atom. The van der Waals surface area contributed by atoms with Crippen LogP contribution in [0.3, 0.4) is 0 Å². The van der Waals surface area contributed by atoms with Gasteiger partial charge in [0.2, 0.25) is 15.9 Å². The Labute approximate surface area is 169 Å². The number of amides is 1. The number of rotatable bonds is 6. The zero-order valence-corrected chi connectivity index (χ0v) is 17.0. The van der Waals surface area contributed by atoms with E-state index in [9.17, 15) is 17.6 Å². The van der Waals surface area contributed by atoms with Gasteiger partial charge in [0.05, 0.1) is 6.04 Å². The zero-order chi connectivity index (χ0) is 20.6. The van der Waals surface area contributed by atoms with Gasteiger partial charge >= 0.3 is 0 Å². The molecule has 2 fully saturated rings. The van der Waals surface area contributed by atoms with Gasteiger partial charge in [0.1, 0.15) is 16.5 Å². The lowest BCUT2D eigenvalue weighted by Gasteiger charge is -2.32. The van der Waals surface area contributed by atoms with Crippen LogP contribution < -0.4 is 4.72 Å². The Morgan fingerprint density at radius 1 is 1.21 bits per heavy atom. The summed E-state index contributed by atoms with van der Waals surface area (Å²) < 4.78 is 40.9. The van der Waals surface area contributed by atoms with Gasteiger partial charge in [0.15, 0.2) is 5.82 Å². The predicted octanol–water partition coefficient (Wildman–Crippen LogP) is 1.89. The number of benzene rings is 1. The number of sulfonamides is 1. The molecule has 1 saturated carbocycles. The topological polar surface area (TPSA) is 108 Å². The highest BCUT2D eigenvalue weighted by atomic mass is 32.2. The van der Waals surface area contributed by atoms with Gasteiger partial charge < -0.3 is 4.90 Å². The van der Waals surface area contributed by atoms with Crippen LogP contribution in [0.4, 0.5) is 4.39 Å². The molecule has 0 radical (unpaired) electrons. The number of hydrogen-bond donors (Lipinski definition) is 2. The number of carbonyl (C=O) groups excluding carboxylic acids is 1. The number of piperidine rings is 1. The molecular weight excluding hydrogens is 397 g/mol. The third kappa shape index (κ3) is 4.32. The SMILES string of the molecule is C[C@H](NS(=O)(=O)c1ccccc1F)C(=O)N1CCC(c2nc(C3CC3)n[nH]2)CC1. The molecule has 1 atom stereocenters. The minimum atomic E-state index is -4.12. The predicted molar refractivity (Wildman–Crippen MR) is 103 cm³/mol. The van der Waals surface area contributed by atoms with Crippen molar-refractivity contribution in [3.63, 3.8) is 0 Å². The van der Waals surface area contributed by atoms with Crippen LogP contribution in [-0.2, 0) is 14.8 Å². The van der Waals surface area contributed by atoms with Gasteiger partial charge in [-0.2, -0.15) is 9.82 Å². The number of halogens is 1. The van der Waals surface area contributed by atoms with E-state index in [1.54, 1.807) is 4.90 Å². The number of aromatic nitrogens is 3. The van der Waals surface area contributed by atoms with Gasteiger partial charge in [-0.25, -0.2) is 17.8 Å². The molecule has 2 N–H and O–H groups in total. The minimum absolute atomic E-state index is 0.212. The van der Waals surface area contributed by atoms with Crippen LogP contribution in [0.5, 0.6) is 0 Å². The van der Waals surface area contributed by atoms with Crippen LogP contribution in [0, 0.1) is 5.82 Å². The molecule has 0 bridgehead atoms. The maximum Gasteiger partial charge on any atom is 0.244 e. The summed E-state index contributed by atoms with van der Waals surface area (Å²) in [5.41, 5.74) is 0. The van der Waals surface area contributed by atoms with E-state index in [2.05, 4.69) is 19.9 Å². The summed E-state index contributed by atoms with van der Waals surface area (Å²) in [6, 6.07) is 4.11. The maximum absolute atomic E-state index is 13.8. The smallest absolute Gasteiger partial charge is 0.244 e. The van der Waals surface area contributed by atoms with Crippen LogP contribution in [-0.4, -0.2) is 53.5 Å². The molecule has 2 aromatic rings. The molecule has 0 unspecified atom stereocenters. The van der Waals surface area contributed by atoms with Crippen molar-refractivity contribution in [1.82, 2.24) is 24.8 Å². The second-order valence-electron chi connectivity index (χ2n) is 7.73. The van der Waals surface area contributed by atoms with E-state index in [4.69, 9.17) is 0 Å². The monoisotopic (exact) mass is 421 g/mol. The Morgan fingerprint density at radius 2 is 1.90 bits per heavy atom. The summed E-state index contributed by atoms with van der Waals surface area (Å²) in [6.45, 7) is 2.49. The molecule has 0 spiro atoms. The van der Waals surface area contributed by atoms with Crippen molar-refractivity contribution in [2.75, 3.05) is 13.1 Å². The molecular formula is C19H24FN5O3S. The van der Waals surface area contributed by atoms with Crippen molar-refractivity contribution >= 4 is 15.9 Å². The quantitative estimate of drug-likeness (QED) is 0.741. The number of carbonyl (C=O) groups is 1. The molecule has 1 aliphatic heterocycles. The molecule has 2 heterocycles. The molecule has 29 heavy (non-hydrogen) atoms. The van der Waals surface area contributed by atoms with Crippen molar-refractivity contribution in [2.45, 2.75) is 55.4 Å². The van der Waals surface area contributed by atoms with Crippen molar-refractivity contribution in [2.24, 2.45) is 0 Å². The van der Waals surface area contributed by atoms with Crippen LogP contribution in [0.25, 0.3) is 0 Å². The Hall–Kier alpha value is -2.33. The third-order valence-electron chi connectivity index (χ3n) is 5.48. The third-order valence-corrected chi connectivity index (χ3v) is 7.06. The van der Waals surface area contributed by atoms with Crippen molar-refractivity contribution in [1.29, 1.82) is 0 Å². The lowest BCUT2D eigenvalue weighted by atomic mass is 9.96. The van der Waals surface area contributed by atoms with E-state index >= 15 is 0 Å². The fourth-order valence-corrected chi connectivity index (χ4v) is 4.93. The first-order valence-electron chi connectivity index (χ1n) is 9.83.